The first kappa shape index (κ1) is 14.2. The molecule has 0 atom stereocenters. The molecule has 3 heterocycles. The Hall–Kier alpha value is -2.44. The van der Waals surface area contributed by atoms with E-state index < -0.39 is 0 Å². The fourth-order valence-corrected chi connectivity index (χ4v) is 3.45. The van der Waals surface area contributed by atoms with Crippen LogP contribution in [0.3, 0.4) is 0 Å². The molecule has 3 aromatic heterocycles. The van der Waals surface area contributed by atoms with Crippen LogP contribution in [-0.2, 0) is 6.42 Å². The summed E-state index contributed by atoms with van der Waals surface area (Å²) in [4.78, 5) is 12.4. The molecule has 5 nitrogen and oxygen atoms in total. The molecule has 1 aromatic carbocycles. The number of nitrogen functional groups attached to an aromatic ring is 1. The summed E-state index contributed by atoms with van der Waals surface area (Å²) >= 11 is 1.67. The summed E-state index contributed by atoms with van der Waals surface area (Å²) in [5, 5.41) is 14.1. The van der Waals surface area contributed by atoms with Crippen molar-refractivity contribution in [2.45, 2.75) is 12.8 Å². The van der Waals surface area contributed by atoms with E-state index in [4.69, 9.17) is 10.8 Å². The molecule has 4 aromatic rings. The van der Waals surface area contributed by atoms with E-state index in [-0.39, 0.29) is 6.61 Å². The van der Waals surface area contributed by atoms with Gasteiger partial charge in [0, 0.05) is 18.4 Å². The predicted octanol–water partition coefficient (Wildman–Crippen LogP) is 3.35. The smallest absolute Gasteiger partial charge is 0.150 e. The number of thiophene rings is 1. The molecule has 0 saturated carbocycles. The van der Waals surface area contributed by atoms with E-state index in [0.717, 1.165) is 33.3 Å². The van der Waals surface area contributed by atoms with Gasteiger partial charge in [0.05, 0.1) is 5.52 Å². The maximum atomic E-state index is 8.97. The number of imidazole rings is 1. The van der Waals surface area contributed by atoms with E-state index in [0.29, 0.717) is 18.7 Å². The average molecular weight is 324 g/mol. The van der Waals surface area contributed by atoms with Crippen LogP contribution in [-0.4, -0.2) is 26.7 Å². The third kappa shape index (κ3) is 2.46. The number of aryl methyl sites for hydroxylation is 1. The minimum absolute atomic E-state index is 0.148. The Labute approximate surface area is 136 Å². The number of rotatable bonds is 4. The molecular weight excluding hydrogens is 308 g/mol. The van der Waals surface area contributed by atoms with Crippen molar-refractivity contribution in [2.24, 2.45) is 0 Å². The molecule has 4 rings (SSSR count). The summed E-state index contributed by atoms with van der Waals surface area (Å²) in [5.41, 5.74) is 10.9. The van der Waals surface area contributed by atoms with Crippen LogP contribution in [0.1, 0.15) is 12.2 Å². The number of aromatic nitrogens is 3. The summed E-state index contributed by atoms with van der Waals surface area (Å²) in [7, 11) is 0. The fourth-order valence-electron chi connectivity index (χ4n) is 2.79. The standard InChI is InChI=1S/C17H16N4OS/c18-17-16-15(20-14(21-16)2-1-6-22)12-4-3-10(8-13(12)19-17)11-5-7-23-9-11/h3-5,7-9,22H,1-2,6H2,(H2,18,19)(H,20,21). The van der Waals surface area contributed by atoms with Gasteiger partial charge in [0.1, 0.15) is 22.7 Å². The number of benzene rings is 1. The van der Waals surface area contributed by atoms with E-state index in [1.165, 1.54) is 5.56 Å². The van der Waals surface area contributed by atoms with Crippen LogP contribution in [0.2, 0.25) is 0 Å². The van der Waals surface area contributed by atoms with E-state index in [1.54, 1.807) is 11.3 Å². The van der Waals surface area contributed by atoms with Gasteiger partial charge in [-0.05, 0) is 46.5 Å². The molecule has 23 heavy (non-hydrogen) atoms. The number of anilines is 1. The van der Waals surface area contributed by atoms with Crippen molar-refractivity contribution in [3.05, 3.63) is 40.8 Å². The van der Waals surface area contributed by atoms with Crippen LogP contribution in [0.5, 0.6) is 0 Å². The van der Waals surface area contributed by atoms with Crippen LogP contribution in [0, 0.1) is 0 Å². The molecular formula is C17H16N4OS. The van der Waals surface area contributed by atoms with Gasteiger partial charge in [0.25, 0.3) is 0 Å². The van der Waals surface area contributed by atoms with Crippen LogP contribution < -0.4 is 5.73 Å². The Balaban J connectivity index is 1.89. The fraction of sp³-hybridized carbons (Fsp3) is 0.176. The second-order valence-corrected chi connectivity index (χ2v) is 6.26. The number of nitrogens with one attached hydrogen (secondary N) is 1. The van der Waals surface area contributed by atoms with Gasteiger partial charge in [-0.2, -0.15) is 11.3 Å². The zero-order chi connectivity index (χ0) is 15.8. The van der Waals surface area contributed by atoms with Crippen molar-refractivity contribution in [3.8, 4) is 11.1 Å². The van der Waals surface area contributed by atoms with Crippen LogP contribution in [0.4, 0.5) is 5.82 Å². The van der Waals surface area contributed by atoms with Gasteiger partial charge < -0.3 is 15.8 Å². The number of hydrogen-bond acceptors (Lipinski definition) is 5. The predicted molar refractivity (Wildman–Crippen MR) is 94.5 cm³/mol. The summed E-state index contributed by atoms with van der Waals surface area (Å²) in [6.07, 6.45) is 1.37. The summed E-state index contributed by atoms with van der Waals surface area (Å²) < 4.78 is 0. The molecule has 0 spiro atoms. The highest BCUT2D eigenvalue weighted by Gasteiger charge is 2.12. The number of hydrogen-bond donors (Lipinski definition) is 3. The SMILES string of the molecule is Nc1nc2cc(-c3ccsc3)ccc2c2nc(CCCO)[nH]c12. The highest BCUT2D eigenvalue weighted by Crippen LogP contribution is 2.30. The third-order valence-corrected chi connectivity index (χ3v) is 4.61. The quantitative estimate of drug-likeness (QED) is 0.537. The van der Waals surface area contributed by atoms with Crippen molar-refractivity contribution >= 4 is 39.1 Å². The first-order chi connectivity index (χ1) is 11.3. The number of aliphatic hydroxyl groups is 1. The number of H-pyrrole nitrogens is 1. The molecule has 0 aliphatic heterocycles. The molecule has 0 unspecified atom stereocenters. The monoisotopic (exact) mass is 324 g/mol. The van der Waals surface area contributed by atoms with Crippen molar-refractivity contribution in [1.82, 2.24) is 15.0 Å². The molecule has 4 N–H and O–H groups in total. The first-order valence-corrected chi connectivity index (χ1v) is 8.42. The maximum absolute atomic E-state index is 8.97. The Morgan fingerprint density at radius 1 is 1.17 bits per heavy atom. The summed E-state index contributed by atoms with van der Waals surface area (Å²) in [6.45, 7) is 0.148. The molecule has 0 aliphatic carbocycles. The maximum Gasteiger partial charge on any atom is 0.150 e. The molecule has 0 saturated heterocycles. The average Bonchev–Trinajstić information content (AvgIpc) is 3.22. The van der Waals surface area contributed by atoms with Crippen LogP contribution >= 0.6 is 11.3 Å². The minimum Gasteiger partial charge on any atom is -0.396 e. The second kappa shape index (κ2) is 5.64. The molecule has 0 fully saturated rings. The molecule has 6 heteroatoms. The van der Waals surface area contributed by atoms with Gasteiger partial charge in [-0.25, -0.2) is 9.97 Å². The lowest BCUT2D eigenvalue weighted by Gasteiger charge is -2.04. The zero-order valence-corrected chi connectivity index (χ0v) is 13.2. The van der Waals surface area contributed by atoms with Crippen molar-refractivity contribution < 1.29 is 5.11 Å². The number of nitrogens with two attached hydrogens (primary N) is 1. The molecule has 0 amide bonds. The first-order valence-electron chi connectivity index (χ1n) is 7.47. The van der Waals surface area contributed by atoms with Crippen molar-refractivity contribution in [3.63, 3.8) is 0 Å². The van der Waals surface area contributed by atoms with Crippen LogP contribution in [0.25, 0.3) is 33.1 Å². The summed E-state index contributed by atoms with van der Waals surface area (Å²) in [6, 6.07) is 8.28. The Morgan fingerprint density at radius 2 is 2.09 bits per heavy atom. The molecule has 116 valence electrons. The Bertz CT molecular complexity index is 975. The largest absolute Gasteiger partial charge is 0.396 e. The van der Waals surface area contributed by atoms with E-state index in [2.05, 4.69) is 43.9 Å². The lowest BCUT2D eigenvalue weighted by atomic mass is 10.1. The Kier molecular flexibility index (Phi) is 3.48. The third-order valence-electron chi connectivity index (χ3n) is 3.93. The summed E-state index contributed by atoms with van der Waals surface area (Å²) in [5.74, 6) is 1.29. The highest BCUT2D eigenvalue weighted by atomic mass is 32.1. The van der Waals surface area contributed by atoms with Gasteiger partial charge in [0.15, 0.2) is 0 Å². The minimum atomic E-state index is 0.148. The van der Waals surface area contributed by atoms with Gasteiger partial charge >= 0.3 is 0 Å². The number of aromatic amines is 1. The number of fused-ring (bicyclic) bond motifs is 3. The molecule has 0 radical (unpaired) electrons. The highest BCUT2D eigenvalue weighted by molar-refractivity contribution is 7.08. The second-order valence-electron chi connectivity index (χ2n) is 5.48. The van der Waals surface area contributed by atoms with Gasteiger partial charge in [-0.1, -0.05) is 6.07 Å². The zero-order valence-electron chi connectivity index (χ0n) is 12.4. The normalized spacial score (nSPS) is 11.5. The van der Waals surface area contributed by atoms with Crippen molar-refractivity contribution in [1.29, 1.82) is 0 Å². The lowest BCUT2D eigenvalue weighted by molar-refractivity contribution is 0.287. The topological polar surface area (TPSA) is 87.8 Å². The number of aliphatic hydroxyl groups excluding tert-OH is 1. The molecule has 0 aliphatic rings. The van der Waals surface area contributed by atoms with Gasteiger partial charge in [-0.15, -0.1) is 0 Å². The van der Waals surface area contributed by atoms with E-state index in [1.807, 2.05) is 6.07 Å². The Morgan fingerprint density at radius 3 is 2.87 bits per heavy atom. The van der Waals surface area contributed by atoms with Crippen molar-refractivity contribution in [2.75, 3.05) is 12.3 Å². The van der Waals surface area contributed by atoms with E-state index >= 15 is 0 Å². The molecule has 0 bridgehead atoms. The van der Waals surface area contributed by atoms with E-state index in [9.17, 15) is 0 Å². The number of pyridine rings is 1. The number of nitrogens with zero attached hydrogens (tertiary/aromatic N) is 2. The van der Waals surface area contributed by atoms with Gasteiger partial charge in [0.2, 0.25) is 0 Å². The van der Waals surface area contributed by atoms with Gasteiger partial charge in [-0.3, -0.25) is 0 Å². The lowest BCUT2D eigenvalue weighted by Crippen LogP contribution is -1.93. The van der Waals surface area contributed by atoms with Crippen LogP contribution in [0.15, 0.2) is 35.0 Å².